The molecular formula is C13H27N3O2. The zero-order valence-electron chi connectivity index (χ0n) is 11.9. The molecule has 1 atom stereocenters. The first-order chi connectivity index (χ1) is 8.49. The van der Waals surface area contributed by atoms with Gasteiger partial charge in [-0.1, -0.05) is 0 Å². The Balaban J connectivity index is 2.11. The summed E-state index contributed by atoms with van der Waals surface area (Å²) in [7, 11) is 3.86. The van der Waals surface area contributed by atoms with Gasteiger partial charge in [-0.15, -0.1) is 0 Å². The van der Waals surface area contributed by atoms with Gasteiger partial charge >= 0.3 is 6.03 Å². The second-order valence-corrected chi connectivity index (χ2v) is 5.50. The van der Waals surface area contributed by atoms with E-state index in [1.165, 1.54) is 30.8 Å². The molecule has 1 unspecified atom stereocenters. The van der Waals surface area contributed by atoms with Gasteiger partial charge in [-0.25, -0.2) is 4.79 Å². The molecule has 1 heterocycles. The van der Waals surface area contributed by atoms with Gasteiger partial charge in [0.2, 0.25) is 0 Å². The third-order valence-electron chi connectivity index (χ3n) is 3.55. The summed E-state index contributed by atoms with van der Waals surface area (Å²) in [6.45, 7) is 5.13. The monoisotopic (exact) mass is 257 g/mol. The molecule has 2 N–H and O–H groups in total. The highest BCUT2D eigenvalue weighted by Crippen LogP contribution is 2.18. The average Bonchev–Trinajstić information content (AvgIpc) is 2.30. The van der Waals surface area contributed by atoms with Gasteiger partial charge in [0, 0.05) is 20.1 Å². The molecule has 1 aliphatic rings. The summed E-state index contributed by atoms with van der Waals surface area (Å²) in [6, 6.07) is -0.0937. The Morgan fingerprint density at radius 1 is 1.50 bits per heavy atom. The van der Waals surface area contributed by atoms with Crippen LogP contribution in [0.3, 0.4) is 0 Å². The standard InChI is InChI=1S/C13H27N3O2/c1-11(17)10-16(3)13(18)14-7-4-12-5-8-15(2)9-6-12/h11-12,17H,4-10H2,1-3H3,(H,14,18). The number of hydrogen-bond donors (Lipinski definition) is 2. The van der Waals surface area contributed by atoms with E-state index >= 15 is 0 Å². The lowest BCUT2D eigenvalue weighted by Crippen LogP contribution is -2.41. The third kappa shape index (κ3) is 5.69. The van der Waals surface area contributed by atoms with Crippen molar-refractivity contribution in [2.24, 2.45) is 5.92 Å². The Morgan fingerprint density at radius 3 is 2.67 bits per heavy atom. The van der Waals surface area contributed by atoms with E-state index in [4.69, 9.17) is 0 Å². The Labute approximate surface area is 110 Å². The maximum Gasteiger partial charge on any atom is 0.317 e. The van der Waals surface area contributed by atoms with Gasteiger partial charge in [0.1, 0.15) is 0 Å². The van der Waals surface area contributed by atoms with Gasteiger partial charge in [0.05, 0.1) is 6.10 Å². The van der Waals surface area contributed by atoms with Crippen molar-refractivity contribution < 1.29 is 9.90 Å². The van der Waals surface area contributed by atoms with Crippen LogP contribution in [-0.4, -0.2) is 67.3 Å². The lowest BCUT2D eigenvalue weighted by Gasteiger charge is -2.29. The largest absolute Gasteiger partial charge is 0.392 e. The highest BCUT2D eigenvalue weighted by atomic mass is 16.3. The van der Waals surface area contributed by atoms with Crippen LogP contribution >= 0.6 is 0 Å². The fourth-order valence-electron chi connectivity index (χ4n) is 2.35. The maximum absolute atomic E-state index is 11.7. The Bertz CT molecular complexity index is 251. The van der Waals surface area contributed by atoms with Crippen molar-refractivity contribution in [1.29, 1.82) is 0 Å². The van der Waals surface area contributed by atoms with E-state index in [1.54, 1.807) is 14.0 Å². The number of rotatable bonds is 5. The summed E-state index contributed by atoms with van der Waals surface area (Å²) < 4.78 is 0. The molecule has 0 radical (unpaired) electrons. The van der Waals surface area contributed by atoms with Crippen molar-refractivity contribution in [3.8, 4) is 0 Å². The number of aliphatic hydroxyl groups is 1. The number of hydrogen-bond acceptors (Lipinski definition) is 3. The van der Waals surface area contributed by atoms with Crippen molar-refractivity contribution in [2.75, 3.05) is 40.3 Å². The van der Waals surface area contributed by atoms with Crippen LogP contribution in [0.4, 0.5) is 4.79 Å². The number of urea groups is 1. The molecule has 5 nitrogen and oxygen atoms in total. The number of piperidine rings is 1. The molecular weight excluding hydrogens is 230 g/mol. The summed E-state index contributed by atoms with van der Waals surface area (Å²) in [5, 5.41) is 12.1. The second-order valence-electron chi connectivity index (χ2n) is 5.50. The quantitative estimate of drug-likeness (QED) is 0.764. The zero-order chi connectivity index (χ0) is 13.5. The minimum Gasteiger partial charge on any atom is -0.392 e. The van der Waals surface area contributed by atoms with Crippen LogP contribution in [0, 0.1) is 5.92 Å². The van der Waals surface area contributed by atoms with E-state index in [0.717, 1.165) is 18.9 Å². The number of likely N-dealkylation sites (tertiary alicyclic amines) is 1. The van der Waals surface area contributed by atoms with Crippen LogP contribution in [0.5, 0.6) is 0 Å². The molecule has 5 heteroatoms. The number of carbonyl (C=O) groups excluding carboxylic acids is 1. The molecule has 0 spiro atoms. The summed E-state index contributed by atoms with van der Waals surface area (Å²) >= 11 is 0. The zero-order valence-corrected chi connectivity index (χ0v) is 11.9. The molecule has 2 amide bonds. The van der Waals surface area contributed by atoms with Crippen LogP contribution in [0.25, 0.3) is 0 Å². The van der Waals surface area contributed by atoms with E-state index in [9.17, 15) is 9.90 Å². The fourth-order valence-corrected chi connectivity index (χ4v) is 2.35. The molecule has 1 aliphatic heterocycles. The highest BCUT2D eigenvalue weighted by Gasteiger charge is 2.17. The number of nitrogens with one attached hydrogen (secondary N) is 1. The summed E-state index contributed by atoms with van der Waals surface area (Å²) in [5.74, 6) is 0.739. The number of likely N-dealkylation sites (N-methyl/N-ethyl adjacent to an activating group) is 1. The van der Waals surface area contributed by atoms with E-state index in [-0.39, 0.29) is 6.03 Å². The van der Waals surface area contributed by atoms with Crippen molar-refractivity contribution in [3.63, 3.8) is 0 Å². The molecule has 0 saturated carbocycles. The topological polar surface area (TPSA) is 55.8 Å². The maximum atomic E-state index is 11.7. The molecule has 0 aromatic rings. The highest BCUT2D eigenvalue weighted by molar-refractivity contribution is 5.73. The fraction of sp³-hybridized carbons (Fsp3) is 0.923. The van der Waals surface area contributed by atoms with Gasteiger partial charge in [-0.05, 0) is 52.2 Å². The van der Waals surface area contributed by atoms with Crippen LogP contribution in [0.1, 0.15) is 26.2 Å². The predicted octanol–water partition coefficient (Wildman–Crippen LogP) is 0.741. The van der Waals surface area contributed by atoms with E-state index in [0.29, 0.717) is 6.54 Å². The molecule has 1 saturated heterocycles. The summed E-state index contributed by atoms with van der Waals surface area (Å²) in [4.78, 5) is 15.5. The number of amides is 2. The minimum absolute atomic E-state index is 0.0937. The average molecular weight is 257 g/mol. The minimum atomic E-state index is -0.477. The molecule has 0 aromatic heterocycles. The van der Waals surface area contributed by atoms with Gasteiger partial charge < -0.3 is 20.2 Å². The van der Waals surface area contributed by atoms with Crippen molar-refractivity contribution in [2.45, 2.75) is 32.3 Å². The normalized spacial score (nSPS) is 19.6. The van der Waals surface area contributed by atoms with Gasteiger partial charge in [-0.2, -0.15) is 0 Å². The van der Waals surface area contributed by atoms with Gasteiger partial charge in [0.25, 0.3) is 0 Å². The molecule has 1 fully saturated rings. The third-order valence-corrected chi connectivity index (χ3v) is 3.55. The van der Waals surface area contributed by atoms with E-state index in [2.05, 4.69) is 17.3 Å². The number of aliphatic hydroxyl groups excluding tert-OH is 1. The van der Waals surface area contributed by atoms with Crippen LogP contribution < -0.4 is 5.32 Å². The van der Waals surface area contributed by atoms with E-state index in [1.807, 2.05) is 0 Å². The second kappa shape index (κ2) is 7.59. The predicted molar refractivity (Wildman–Crippen MR) is 72.5 cm³/mol. The van der Waals surface area contributed by atoms with Gasteiger partial charge in [-0.3, -0.25) is 0 Å². The molecule has 0 bridgehead atoms. The first-order valence-corrected chi connectivity index (χ1v) is 6.84. The lowest BCUT2D eigenvalue weighted by atomic mass is 9.94. The molecule has 106 valence electrons. The SMILES string of the molecule is CC(O)CN(C)C(=O)NCCC1CCN(C)CC1. The Hall–Kier alpha value is -0.810. The van der Waals surface area contributed by atoms with Crippen molar-refractivity contribution >= 4 is 6.03 Å². The molecule has 1 rings (SSSR count). The Kier molecular flexibility index (Phi) is 6.43. The van der Waals surface area contributed by atoms with Crippen LogP contribution in [0.15, 0.2) is 0 Å². The molecule has 0 aliphatic carbocycles. The van der Waals surface area contributed by atoms with Crippen molar-refractivity contribution in [1.82, 2.24) is 15.1 Å². The molecule has 0 aromatic carbocycles. The summed E-state index contributed by atoms with van der Waals surface area (Å²) in [6.07, 6.45) is 3.04. The van der Waals surface area contributed by atoms with Gasteiger partial charge in [0.15, 0.2) is 0 Å². The number of carbonyl (C=O) groups is 1. The van der Waals surface area contributed by atoms with Crippen molar-refractivity contribution in [3.05, 3.63) is 0 Å². The van der Waals surface area contributed by atoms with Crippen LogP contribution in [-0.2, 0) is 0 Å². The Morgan fingerprint density at radius 2 is 2.11 bits per heavy atom. The van der Waals surface area contributed by atoms with E-state index < -0.39 is 6.10 Å². The smallest absolute Gasteiger partial charge is 0.317 e. The lowest BCUT2D eigenvalue weighted by molar-refractivity contribution is 0.143. The first-order valence-electron chi connectivity index (χ1n) is 6.84. The van der Waals surface area contributed by atoms with Crippen LogP contribution in [0.2, 0.25) is 0 Å². The molecule has 18 heavy (non-hydrogen) atoms. The number of nitrogens with zero attached hydrogens (tertiary/aromatic N) is 2. The first kappa shape index (κ1) is 15.2. The summed E-state index contributed by atoms with van der Waals surface area (Å²) in [5.41, 5.74) is 0.